The van der Waals surface area contributed by atoms with Crippen molar-refractivity contribution in [2.24, 2.45) is 0 Å². The molecule has 5 heteroatoms. The number of aryl methyl sites for hydroxylation is 1. The predicted octanol–water partition coefficient (Wildman–Crippen LogP) is 2.55. The normalized spacial score (nSPS) is 16.8. The molecule has 1 N–H and O–H groups in total. The number of ether oxygens (including phenoxy) is 2. The quantitative estimate of drug-likeness (QED) is 0.821. The maximum Gasteiger partial charge on any atom is 0.226 e. The number of nitrogens with one attached hydrogen (secondary N) is 1. The highest BCUT2D eigenvalue weighted by Crippen LogP contribution is 2.34. The molecule has 5 nitrogen and oxygen atoms in total. The molecule has 0 aromatic carbocycles. The van der Waals surface area contributed by atoms with Gasteiger partial charge in [0.15, 0.2) is 0 Å². The zero-order valence-electron chi connectivity index (χ0n) is 12.0. The van der Waals surface area contributed by atoms with Crippen LogP contribution in [0.4, 0.5) is 5.95 Å². The minimum absolute atomic E-state index is 0.0302. The lowest BCUT2D eigenvalue weighted by Gasteiger charge is -2.40. The molecule has 0 aliphatic heterocycles. The predicted molar refractivity (Wildman–Crippen MR) is 74.6 cm³/mol. The molecule has 1 saturated carbocycles. The third-order valence-electron chi connectivity index (χ3n) is 3.55. The van der Waals surface area contributed by atoms with Crippen molar-refractivity contribution in [3.63, 3.8) is 0 Å². The molecule has 0 unspecified atom stereocenters. The number of nitrogens with zero attached hydrogens (tertiary/aromatic N) is 2. The van der Waals surface area contributed by atoms with Crippen LogP contribution in [-0.4, -0.2) is 35.8 Å². The van der Waals surface area contributed by atoms with E-state index in [1.807, 2.05) is 13.0 Å². The smallest absolute Gasteiger partial charge is 0.226 e. The van der Waals surface area contributed by atoms with Crippen molar-refractivity contribution in [2.45, 2.75) is 45.1 Å². The van der Waals surface area contributed by atoms with Gasteiger partial charge in [0.25, 0.3) is 0 Å². The fourth-order valence-electron chi connectivity index (χ4n) is 2.16. The first-order valence-corrected chi connectivity index (χ1v) is 6.95. The van der Waals surface area contributed by atoms with E-state index in [1.54, 1.807) is 7.11 Å². The molecule has 19 heavy (non-hydrogen) atoms. The number of hydrogen-bond acceptors (Lipinski definition) is 5. The Morgan fingerprint density at radius 3 is 2.74 bits per heavy atom. The van der Waals surface area contributed by atoms with Crippen LogP contribution in [0, 0.1) is 6.92 Å². The van der Waals surface area contributed by atoms with Gasteiger partial charge in [-0.2, -0.15) is 4.98 Å². The van der Waals surface area contributed by atoms with Crippen LogP contribution in [0.1, 0.15) is 38.3 Å². The summed E-state index contributed by atoms with van der Waals surface area (Å²) in [6.07, 6.45) is 4.40. The Hall–Kier alpha value is -1.36. The molecule has 1 aliphatic rings. The largest absolute Gasteiger partial charge is 0.478 e. The summed E-state index contributed by atoms with van der Waals surface area (Å²) in [5.74, 6) is 1.26. The van der Waals surface area contributed by atoms with E-state index in [0.29, 0.717) is 18.4 Å². The Morgan fingerprint density at radius 1 is 1.37 bits per heavy atom. The van der Waals surface area contributed by atoms with Gasteiger partial charge in [0.05, 0.1) is 12.2 Å². The van der Waals surface area contributed by atoms with Crippen molar-refractivity contribution < 1.29 is 9.47 Å². The molecule has 0 bridgehead atoms. The summed E-state index contributed by atoms with van der Waals surface area (Å²) in [7, 11) is 1.77. The van der Waals surface area contributed by atoms with Crippen LogP contribution in [0.2, 0.25) is 0 Å². The van der Waals surface area contributed by atoms with E-state index >= 15 is 0 Å². The third-order valence-corrected chi connectivity index (χ3v) is 3.55. The van der Waals surface area contributed by atoms with Crippen molar-refractivity contribution in [3.05, 3.63) is 11.8 Å². The number of aromatic nitrogens is 2. The van der Waals surface area contributed by atoms with Crippen molar-refractivity contribution >= 4 is 5.95 Å². The molecule has 1 heterocycles. The monoisotopic (exact) mass is 265 g/mol. The highest BCUT2D eigenvalue weighted by molar-refractivity contribution is 5.31. The molecule has 1 aromatic rings. The summed E-state index contributed by atoms with van der Waals surface area (Å²) < 4.78 is 11.1. The van der Waals surface area contributed by atoms with E-state index in [4.69, 9.17) is 9.47 Å². The van der Waals surface area contributed by atoms with E-state index in [1.165, 1.54) is 6.42 Å². The van der Waals surface area contributed by atoms with Crippen molar-refractivity contribution in [2.75, 3.05) is 25.6 Å². The van der Waals surface area contributed by atoms with Gasteiger partial charge in [0.2, 0.25) is 11.8 Å². The number of anilines is 1. The Kier molecular flexibility index (Phi) is 4.58. The van der Waals surface area contributed by atoms with Crippen LogP contribution in [0.15, 0.2) is 6.07 Å². The van der Waals surface area contributed by atoms with Gasteiger partial charge in [0.1, 0.15) is 0 Å². The van der Waals surface area contributed by atoms with Crippen molar-refractivity contribution in [3.8, 4) is 5.88 Å². The highest BCUT2D eigenvalue weighted by atomic mass is 16.5. The minimum atomic E-state index is -0.0302. The topological polar surface area (TPSA) is 56.3 Å². The maximum atomic E-state index is 5.57. The van der Waals surface area contributed by atoms with Crippen molar-refractivity contribution in [1.82, 2.24) is 9.97 Å². The Balaban J connectivity index is 1.97. The second-order valence-corrected chi connectivity index (χ2v) is 5.11. The molecule has 0 spiro atoms. The summed E-state index contributed by atoms with van der Waals surface area (Å²) in [6.45, 7) is 5.45. The van der Waals surface area contributed by atoms with Gasteiger partial charge in [-0.15, -0.1) is 0 Å². The van der Waals surface area contributed by atoms with Gasteiger partial charge in [-0.05, 0) is 32.6 Å². The first-order valence-electron chi connectivity index (χ1n) is 6.95. The van der Waals surface area contributed by atoms with E-state index in [-0.39, 0.29) is 5.60 Å². The molecule has 0 saturated heterocycles. The molecular weight excluding hydrogens is 242 g/mol. The van der Waals surface area contributed by atoms with Gasteiger partial charge in [-0.25, -0.2) is 4.98 Å². The minimum Gasteiger partial charge on any atom is -0.478 e. The van der Waals surface area contributed by atoms with E-state index in [0.717, 1.165) is 31.5 Å². The van der Waals surface area contributed by atoms with Gasteiger partial charge in [-0.3, -0.25) is 0 Å². The van der Waals surface area contributed by atoms with Gasteiger partial charge in [-0.1, -0.05) is 6.92 Å². The average Bonchev–Trinajstić information content (AvgIpc) is 2.35. The summed E-state index contributed by atoms with van der Waals surface area (Å²) >= 11 is 0. The third kappa shape index (κ3) is 3.56. The van der Waals surface area contributed by atoms with E-state index < -0.39 is 0 Å². The first-order chi connectivity index (χ1) is 9.17. The molecule has 1 fully saturated rings. The van der Waals surface area contributed by atoms with E-state index in [2.05, 4.69) is 22.2 Å². The molecule has 0 amide bonds. The second-order valence-electron chi connectivity index (χ2n) is 5.11. The van der Waals surface area contributed by atoms with E-state index in [9.17, 15) is 0 Å². The fourth-order valence-corrected chi connectivity index (χ4v) is 2.16. The molecular formula is C14H23N3O2. The molecule has 1 aromatic heterocycles. The Morgan fingerprint density at radius 2 is 2.16 bits per heavy atom. The zero-order valence-corrected chi connectivity index (χ0v) is 12.0. The van der Waals surface area contributed by atoms with Crippen LogP contribution in [0.3, 0.4) is 0 Å². The summed E-state index contributed by atoms with van der Waals surface area (Å²) in [6, 6.07) is 1.86. The summed E-state index contributed by atoms with van der Waals surface area (Å²) in [5, 5.41) is 3.27. The van der Waals surface area contributed by atoms with Gasteiger partial charge >= 0.3 is 0 Å². The van der Waals surface area contributed by atoms with Gasteiger partial charge < -0.3 is 14.8 Å². The average molecular weight is 265 g/mol. The maximum absolute atomic E-state index is 5.57. The molecule has 0 atom stereocenters. The number of hydrogen-bond donors (Lipinski definition) is 1. The highest BCUT2D eigenvalue weighted by Gasteiger charge is 2.36. The van der Waals surface area contributed by atoms with Crippen LogP contribution >= 0.6 is 0 Å². The summed E-state index contributed by atoms with van der Waals surface area (Å²) in [5.41, 5.74) is 0.876. The lowest BCUT2D eigenvalue weighted by molar-refractivity contribution is -0.0602. The van der Waals surface area contributed by atoms with Crippen molar-refractivity contribution in [1.29, 1.82) is 0 Å². The SMILES string of the molecule is CCCOc1cc(C)nc(NCC2(OC)CCC2)n1. The summed E-state index contributed by atoms with van der Waals surface area (Å²) in [4.78, 5) is 8.75. The molecule has 0 radical (unpaired) electrons. The Bertz CT molecular complexity index is 414. The Labute approximate surface area is 114 Å². The zero-order chi connectivity index (χ0) is 13.7. The lowest BCUT2D eigenvalue weighted by atomic mass is 9.80. The second kappa shape index (κ2) is 6.19. The molecule has 2 rings (SSSR count). The number of methoxy groups -OCH3 is 1. The molecule has 106 valence electrons. The lowest BCUT2D eigenvalue weighted by Crippen LogP contribution is -2.45. The fraction of sp³-hybridized carbons (Fsp3) is 0.714. The molecule has 1 aliphatic carbocycles. The standard InChI is InChI=1S/C14H23N3O2/c1-4-8-19-12-9-11(2)16-13(17-12)15-10-14(18-3)6-5-7-14/h9H,4-8,10H2,1-3H3,(H,15,16,17). The number of rotatable bonds is 7. The van der Waals surface area contributed by atoms with Crippen LogP contribution in [-0.2, 0) is 4.74 Å². The van der Waals surface area contributed by atoms with Crippen LogP contribution in [0.5, 0.6) is 5.88 Å². The van der Waals surface area contributed by atoms with Crippen LogP contribution in [0.25, 0.3) is 0 Å². The van der Waals surface area contributed by atoms with Crippen LogP contribution < -0.4 is 10.1 Å². The van der Waals surface area contributed by atoms with Gasteiger partial charge in [0, 0.05) is 25.4 Å². The first kappa shape index (κ1) is 14.1.